The monoisotopic (exact) mass is 703 g/mol. The molecule has 4 heterocycles. The van der Waals surface area contributed by atoms with E-state index >= 15 is 0 Å². The van der Waals surface area contributed by atoms with Crippen LogP contribution in [0.4, 0.5) is 0 Å². The van der Waals surface area contributed by atoms with Gasteiger partial charge < -0.3 is 24.1 Å². The van der Waals surface area contributed by atoms with Gasteiger partial charge in [0.15, 0.2) is 0 Å². The van der Waals surface area contributed by atoms with Gasteiger partial charge in [-0.15, -0.1) is 11.3 Å². The van der Waals surface area contributed by atoms with Crippen molar-refractivity contribution in [1.82, 2.24) is 10.2 Å². The van der Waals surface area contributed by atoms with Crippen LogP contribution in [0.3, 0.4) is 0 Å². The second-order valence-electron chi connectivity index (χ2n) is 13.2. The highest BCUT2D eigenvalue weighted by Crippen LogP contribution is 2.35. The molecule has 10 nitrogen and oxygen atoms in total. The predicted octanol–water partition coefficient (Wildman–Crippen LogP) is 5.71. The molecule has 0 spiro atoms. The summed E-state index contributed by atoms with van der Waals surface area (Å²) in [4.78, 5) is 39.4. The first-order chi connectivity index (χ1) is 24.9. The Labute approximate surface area is 301 Å². The normalized spacial score (nSPS) is 16.5. The molecule has 4 aromatic rings. The fourth-order valence-electron chi connectivity index (χ4n) is 6.94. The lowest BCUT2D eigenvalue weighted by molar-refractivity contribution is -0.136. The second-order valence-corrected chi connectivity index (χ2v) is 14.2. The molecular weight excluding hydrogens is 665 g/mol. The van der Waals surface area contributed by atoms with Gasteiger partial charge in [0.2, 0.25) is 11.8 Å². The number of unbranched alkanes of at least 4 members (excludes halogenated alkanes) is 4. The smallest absolute Gasteiger partial charge is 0.488 e. The van der Waals surface area contributed by atoms with Crippen LogP contribution < -0.4 is 20.3 Å². The van der Waals surface area contributed by atoms with Gasteiger partial charge in [-0.05, 0) is 96.7 Å². The number of carbonyl (C=O) groups is 3. The maximum atomic E-state index is 13.0. The molecule has 260 valence electrons. The van der Waals surface area contributed by atoms with Gasteiger partial charge in [0.1, 0.15) is 29.9 Å². The van der Waals surface area contributed by atoms with Crippen molar-refractivity contribution >= 4 is 41.6 Å². The van der Waals surface area contributed by atoms with Crippen LogP contribution in [0.5, 0.6) is 17.2 Å². The molecule has 3 aromatic carbocycles. The van der Waals surface area contributed by atoms with Crippen molar-refractivity contribution in [1.29, 1.82) is 5.26 Å². The van der Waals surface area contributed by atoms with Crippen LogP contribution in [-0.2, 0) is 46.8 Å². The van der Waals surface area contributed by atoms with Crippen LogP contribution in [-0.4, -0.2) is 40.8 Å². The summed E-state index contributed by atoms with van der Waals surface area (Å²) in [6, 6.07) is 20.9. The molecule has 1 atom stereocenters. The number of hydrogen-bond acceptors (Lipinski definition) is 9. The van der Waals surface area contributed by atoms with Crippen molar-refractivity contribution in [2.75, 3.05) is 0 Å². The molecule has 1 unspecified atom stereocenters. The number of piperidine rings is 1. The van der Waals surface area contributed by atoms with E-state index in [1.807, 2.05) is 47.8 Å². The number of rotatable bonds is 14. The third kappa shape index (κ3) is 7.86. The first-order valence-corrected chi connectivity index (χ1v) is 18.3. The summed E-state index contributed by atoms with van der Waals surface area (Å²) in [7, 11) is -0.885. The van der Waals surface area contributed by atoms with E-state index in [4.69, 9.17) is 14.1 Å². The molecule has 0 radical (unpaired) electrons. The number of amides is 3. The van der Waals surface area contributed by atoms with E-state index in [0.29, 0.717) is 43.1 Å². The first kappa shape index (κ1) is 34.5. The van der Waals surface area contributed by atoms with Crippen molar-refractivity contribution in [3.8, 4) is 23.3 Å². The van der Waals surface area contributed by atoms with E-state index in [1.165, 1.54) is 16.9 Å². The number of nitrogens with zero attached hydrogens (tertiary/aromatic N) is 2. The van der Waals surface area contributed by atoms with E-state index in [0.717, 1.165) is 83.5 Å². The number of carbonyl (C=O) groups excluding carboxylic acids is 3. The van der Waals surface area contributed by atoms with Crippen molar-refractivity contribution in [2.45, 2.75) is 83.6 Å². The summed E-state index contributed by atoms with van der Waals surface area (Å²) >= 11 is 1.49. The summed E-state index contributed by atoms with van der Waals surface area (Å²) < 4.78 is 17.6. The zero-order valence-corrected chi connectivity index (χ0v) is 29.0. The Morgan fingerprint density at radius 3 is 2.57 bits per heavy atom. The molecule has 2 N–H and O–H groups in total. The number of aryl methyl sites for hydroxylation is 2. The number of imide groups is 1. The van der Waals surface area contributed by atoms with E-state index in [1.54, 1.807) is 11.0 Å². The molecule has 12 heteroatoms. The average Bonchev–Trinajstić information content (AvgIpc) is 3.81. The van der Waals surface area contributed by atoms with Gasteiger partial charge in [-0.2, -0.15) is 5.26 Å². The highest BCUT2D eigenvalue weighted by atomic mass is 32.1. The van der Waals surface area contributed by atoms with Gasteiger partial charge in [-0.1, -0.05) is 37.5 Å². The number of ether oxygens (including phenoxy) is 2. The maximum Gasteiger partial charge on any atom is 0.491 e. The molecule has 0 saturated carbocycles. The number of nitriles is 1. The van der Waals surface area contributed by atoms with E-state index in [2.05, 4.69) is 23.5 Å². The number of nitrogens with one attached hydrogen (secondary N) is 1. The molecule has 1 fully saturated rings. The Morgan fingerprint density at radius 1 is 0.980 bits per heavy atom. The van der Waals surface area contributed by atoms with Gasteiger partial charge in [0.05, 0.1) is 23.8 Å². The Hall–Kier alpha value is -4.96. The Bertz CT molecular complexity index is 1990. The topological polar surface area (TPSA) is 138 Å². The summed E-state index contributed by atoms with van der Waals surface area (Å²) in [5.74, 6) is 1.32. The Balaban J connectivity index is 0.826. The van der Waals surface area contributed by atoms with Gasteiger partial charge in [-0.25, -0.2) is 0 Å². The highest BCUT2D eigenvalue weighted by molar-refractivity contribution is 7.10. The molecule has 3 amide bonds. The van der Waals surface area contributed by atoms with Crippen molar-refractivity contribution in [2.24, 2.45) is 0 Å². The van der Waals surface area contributed by atoms with E-state index < -0.39 is 19.1 Å². The molecule has 51 heavy (non-hydrogen) atoms. The van der Waals surface area contributed by atoms with Crippen LogP contribution in [0.15, 0.2) is 66.0 Å². The first-order valence-electron chi connectivity index (χ1n) is 17.5. The lowest BCUT2D eigenvalue weighted by atomic mass is 9.80. The maximum absolute atomic E-state index is 13.0. The van der Waals surface area contributed by atoms with Crippen molar-refractivity contribution in [3.63, 3.8) is 0 Å². The number of hydrogen-bond donors (Lipinski definition) is 2. The van der Waals surface area contributed by atoms with Crippen LogP contribution in [0, 0.1) is 11.3 Å². The second kappa shape index (κ2) is 15.5. The van der Waals surface area contributed by atoms with Gasteiger partial charge in [-0.3, -0.25) is 19.7 Å². The molecule has 0 aliphatic carbocycles. The zero-order valence-electron chi connectivity index (χ0n) is 28.2. The average molecular weight is 704 g/mol. The highest BCUT2D eigenvalue weighted by Gasteiger charge is 2.40. The largest absolute Gasteiger partial charge is 0.491 e. The number of thiophene rings is 1. The number of benzene rings is 3. The molecule has 3 aliphatic heterocycles. The van der Waals surface area contributed by atoms with Crippen LogP contribution in [0.2, 0.25) is 0 Å². The van der Waals surface area contributed by atoms with E-state index in [-0.39, 0.29) is 18.2 Å². The molecule has 1 saturated heterocycles. The minimum absolute atomic E-state index is 0.165. The number of fused-ring (bicyclic) bond motifs is 2. The standard InChI is InChI=1S/C39H38BN3O7S/c41-20-26-10-16-35(50-30-13-14-33-28(19-30)22-49-40(33)47)27(18-26)7-5-3-1-2-4-6-25-8-11-29(12-9-25)48-23-36-31-21-43(39(46)32(31)24-51-36)34-15-17-37(44)42-38(34)45/h8-14,16,18-19,24,34,47H,1-7,15,17,21-23H2,(H,42,44,45). The van der Waals surface area contributed by atoms with Crippen molar-refractivity contribution < 1.29 is 33.5 Å². The van der Waals surface area contributed by atoms with Crippen LogP contribution in [0.1, 0.15) is 88.0 Å². The molecule has 7 rings (SSSR count). The minimum atomic E-state index is -0.885. The molecule has 1 aromatic heterocycles. The van der Waals surface area contributed by atoms with Gasteiger partial charge >= 0.3 is 7.12 Å². The summed E-state index contributed by atoms with van der Waals surface area (Å²) in [6.07, 6.45) is 7.81. The summed E-state index contributed by atoms with van der Waals surface area (Å²) in [5, 5.41) is 23.5. The van der Waals surface area contributed by atoms with Crippen LogP contribution in [0.25, 0.3) is 0 Å². The fraction of sp³-hybridized carbons (Fsp3) is 0.333. The third-order valence-electron chi connectivity index (χ3n) is 9.79. The quantitative estimate of drug-likeness (QED) is 0.0969. The van der Waals surface area contributed by atoms with Crippen molar-refractivity contribution in [3.05, 3.63) is 104 Å². The Morgan fingerprint density at radius 2 is 1.76 bits per heavy atom. The van der Waals surface area contributed by atoms with Gasteiger partial charge in [0, 0.05) is 28.8 Å². The fourth-order valence-corrected chi connectivity index (χ4v) is 7.89. The minimum Gasteiger partial charge on any atom is -0.488 e. The zero-order chi connectivity index (χ0) is 35.3. The van der Waals surface area contributed by atoms with Crippen LogP contribution >= 0.6 is 11.3 Å². The third-order valence-corrected chi connectivity index (χ3v) is 10.8. The molecular formula is C39H38BN3O7S. The summed E-state index contributed by atoms with van der Waals surface area (Å²) in [6.45, 7) is 1.05. The SMILES string of the molecule is N#Cc1ccc(Oc2ccc3c(c2)COB3O)c(CCCCCCCc2ccc(OCc3scc4c3CN(C3CCC(=O)NC3=O)C4=O)cc2)c1. The Kier molecular flexibility index (Phi) is 10.5. The van der Waals surface area contributed by atoms with E-state index in [9.17, 15) is 24.7 Å². The molecule has 3 aliphatic rings. The lowest BCUT2D eigenvalue weighted by Crippen LogP contribution is -2.52. The van der Waals surface area contributed by atoms with Gasteiger partial charge in [0.25, 0.3) is 5.91 Å². The predicted molar refractivity (Wildman–Crippen MR) is 192 cm³/mol. The summed E-state index contributed by atoms with van der Waals surface area (Å²) in [5.41, 5.74) is 6.10. The lowest BCUT2D eigenvalue weighted by Gasteiger charge is -2.29. The molecule has 0 bridgehead atoms.